The number of piperazine rings is 1. The number of nitrogens with one attached hydrogen (secondary N) is 1. The maximum absolute atomic E-state index is 12.2. The molecule has 1 aliphatic heterocycles. The SMILES string of the molecule is Cc1ccc(C(=O)C2CNCCN2C=O)cc1. The number of benzene rings is 1. The van der Waals surface area contributed by atoms with Crippen LogP contribution in [0.1, 0.15) is 15.9 Å². The quantitative estimate of drug-likeness (QED) is 0.613. The number of carbonyl (C=O) groups excluding carboxylic acids is 2. The van der Waals surface area contributed by atoms with E-state index in [1.54, 1.807) is 4.90 Å². The molecule has 1 atom stereocenters. The lowest BCUT2D eigenvalue weighted by molar-refractivity contribution is -0.120. The minimum atomic E-state index is -0.371. The summed E-state index contributed by atoms with van der Waals surface area (Å²) in [6.45, 7) is 3.85. The monoisotopic (exact) mass is 232 g/mol. The van der Waals surface area contributed by atoms with Crippen molar-refractivity contribution in [2.45, 2.75) is 13.0 Å². The normalized spacial score (nSPS) is 20.1. The Kier molecular flexibility index (Phi) is 3.54. The molecular formula is C13H16N2O2. The third kappa shape index (κ3) is 2.53. The molecule has 1 saturated heterocycles. The first-order valence-electron chi connectivity index (χ1n) is 5.75. The molecule has 0 aromatic heterocycles. The van der Waals surface area contributed by atoms with E-state index >= 15 is 0 Å². The fourth-order valence-corrected chi connectivity index (χ4v) is 2.00. The average molecular weight is 232 g/mol. The maximum atomic E-state index is 12.2. The summed E-state index contributed by atoms with van der Waals surface area (Å²) in [6.07, 6.45) is 0.762. The Balaban J connectivity index is 2.18. The highest BCUT2D eigenvalue weighted by molar-refractivity contribution is 6.01. The molecule has 4 nitrogen and oxygen atoms in total. The van der Waals surface area contributed by atoms with Crippen molar-refractivity contribution in [3.63, 3.8) is 0 Å². The summed E-state index contributed by atoms with van der Waals surface area (Å²) in [5.41, 5.74) is 1.78. The highest BCUT2D eigenvalue weighted by atomic mass is 16.1. The number of rotatable bonds is 3. The number of aryl methyl sites for hydroxylation is 1. The van der Waals surface area contributed by atoms with Crippen molar-refractivity contribution in [2.24, 2.45) is 0 Å². The van der Waals surface area contributed by atoms with E-state index in [1.807, 2.05) is 31.2 Å². The summed E-state index contributed by atoms with van der Waals surface area (Å²) in [6, 6.07) is 7.08. The molecule has 0 bridgehead atoms. The number of ketones is 1. The second-order valence-electron chi connectivity index (χ2n) is 4.29. The van der Waals surface area contributed by atoms with Gasteiger partial charge in [-0.2, -0.15) is 0 Å². The zero-order valence-electron chi connectivity index (χ0n) is 9.85. The molecule has 4 heteroatoms. The second-order valence-corrected chi connectivity index (χ2v) is 4.29. The summed E-state index contributed by atoms with van der Waals surface area (Å²) < 4.78 is 0. The van der Waals surface area contributed by atoms with Crippen LogP contribution < -0.4 is 5.32 Å². The van der Waals surface area contributed by atoms with Crippen molar-refractivity contribution in [3.8, 4) is 0 Å². The van der Waals surface area contributed by atoms with E-state index < -0.39 is 0 Å². The van der Waals surface area contributed by atoms with E-state index in [2.05, 4.69) is 5.32 Å². The Labute approximate surface area is 101 Å². The van der Waals surface area contributed by atoms with Gasteiger partial charge in [-0.05, 0) is 6.92 Å². The molecule has 0 aliphatic carbocycles. The largest absolute Gasteiger partial charge is 0.332 e. The minimum Gasteiger partial charge on any atom is -0.332 e. The van der Waals surface area contributed by atoms with E-state index in [0.29, 0.717) is 18.7 Å². The van der Waals surface area contributed by atoms with Crippen LogP contribution in [0.25, 0.3) is 0 Å². The Morgan fingerprint density at radius 1 is 1.41 bits per heavy atom. The summed E-state index contributed by atoms with van der Waals surface area (Å²) in [5.74, 6) is 0.00398. The predicted octanol–water partition coefficient (Wildman–Crippen LogP) is 0.608. The highest BCUT2D eigenvalue weighted by Gasteiger charge is 2.28. The van der Waals surface area contributed by atoms with Crippen LogP contribution in [-0.4, -0.2) is 42.8 Å². The molecule has 0 saturated carbocycles. The van der Waals surface area contributed by atoms with E-state index in [9.17, 15) is 9.59 Å². The summed E-state index contributed by atoms with van der Waals surface area (Å²) in [7, 11) is 0. The third-order valence-electron chi connectivity index (χ3n) is 3.06. The number of hydrogen-bond acceptors (Lipinski definition) is 3. The van der Waals surface area contributed by atoms with Gasteiger partial charge in [0.15, 0.2) is 5.78 Å². The zero-order chi connectivity index (χ0) is 12.3. The minimum absolute atomic E-state index is 0.00398. The molecule has 1 unspecified atom stereocenters. The number of nitrogens with zero attached hydrogens (tertiary/aromatic N) is 1. The average Bonchev–Trinajstić information content (AvgIpc) is 2.39. The third-order valence-corrected chi connectivity index (χ3v) is 3.06. The van der Waals surface area contributed by atoms with Crippen LogP contribution in [0, 0.1) is 6.92 Å². The van der Waals surface area contributed by atoms with Crippen LogP contribution in [0.4, 0.5) is 0 Å². The van der Waals surface area contributed by atoms with Crippen LogP contribution in [0.3, 0.4) is 0 Å². The van der Waals surface area contributed by atoms with Gasteiger partial charge < -0.3 is 10.2 Å². The standard InChI is InChI=1S/C13H16N2O2/c1-10-2-4-11(5-3-10)13(17)12-8-14-6-7-15(12)9-16/h2-5,9,12,14H,6-8H2,1H3. The number of Topliss-reactive ketones (excluding diaryl/α,β-unsaturated/α-hetero) is 1. The second kappa shape index (κ2) is 5.10. The van der Waals surface area contributed by atoms with Crippen LogP contribution in [-0.2, 0) is 4.79 Å². The van der Waals surface area contributed by atoms with Crippen molar-refractivity contribution in [1.82, 2.24) is 10.2 Å². The molecule has 1 aliphatic rings. The van der Waals surface area contributed by atoms with Gasteiger partial charge in [0, 0.05) is 25.2 Å². The Hall–Kier alpha value is -1.68. The molecule has 17 heavy (non-hydrogen) atoms. The van der Waals surface area contributed by atoms with E-state index in [0.717, 1.165) is 18.5 Å². The van der Waals surface area contributed by atoms with Gasteiger partial charge in [0.2, 0.25) is 6.41 Å². The fraction of sp³-hybridized carbons (Fsp3) is 0.385. The molecule has 90 valence electrons. The first-order valence-corrected chi connectivity index (χ1v) is 5.75. The first kappa shape index (κ1) is 11.8. The molecular weight excluding hydrogens is 216 g/mol. The molecule has 1 fully saturated rings. The number of amides is 1. The van der Waals surface area contributed by atoms with E-state index in [1.165, 1.54) is 0 Å². The lowest BCUT2D eigenvalue weighted by atomic mass is 10.0. The molecule has 1 amide bonds. The van der Waals surface area contributed by atoms with Crippen molar-refractivity contribution in [1.29, 1.82) is 0 Å². The molecule has 2 rings (SSSR count). The van der Waals surface area contributed by atoms with Crippen LogP contribution in [0.2, 0.25) is 0 Å². The zero-order valence-corrected chi connectivity index (χ0v) is 9.85. The van der Waals surface area contributed by atoms with Crippen LogP contribution in [0.5, 0.6) is 0 Å². The molecule has 1 heterocycles. The summed E-state index contributed by atoms with van der Waals surface area (Å²) in [5, 5.41) is 3.14. The maximum Gasteiger partial charge on any atom is 0.210 e. The van der Waals surface area contributed by atoms with Gasteiger partial charge in [0.25, 0.3) is 0 Å². The van der Waals surface area contributed by atoms with Crippen LogP contribution in [0.15, 0.2) is 24.3 Å². The van der Waals surface area contributed by atoms with Gasteiger partial charge in [0.05, 0.1) is 0 Å². The van der Waals surface area contributed by atoms with Gasteiger partial charge >= 0.3 is 0 Å². The van der Waals surface area contributed by atoms with E-state index in [4.69, 9.17) is 0 Å². The molecule has 1 N–H and O–H groups in total. The van der Waals surface area contributed by atoms with Crippen molar-refractivity contribution in [3.05, 3.63) is 35.4 Å². The Bertz CT molecular complexity index is 414. The Morgan fingerprint density at radius 2 is 2.12 bits per heavy atom. The summed E-state index contributed by atoms with van der Waals surface area (Å²) >= 11 is 0. The summed E-state index contributed by atoms with van der Waals surface area (Å²) in [4.78, 5) is 24.7. The van der Waals surface area contributed by atoms with Crippen LogP contribution >= 0.6 is 0 Å². The highest BCUT2D eigenvalue weighted by Crippen LogP contribution is 2.11. The van der Waals surface area contributed by atoms with E-state index in [-0.39, 0.29) is 11.8 Å². The van der Waals surface area contributed by atoms with Gasteiger partial charge in [-0.1, -0.05) is 29.8 Å². The predicted molar refractivity (Wildman–Crippen MR) is 64.9 cm³/mol. The number of carbonyl (C=O) groups is 2. The smallest absolute Gasteiger partial charge is 0.210 e. The molecule has 1 aromatic carbocycles. The van der Waals surface area contributed by atoms with Gasteiger partial charge in [-0.3, -0.25) is 9.59 Å². The lowest BCUT2D eigenvalue weighted by Crippen LogP contribution is -2.54. The van der Waals surface area contributed by atoms with Gasteiger partial charge in [-0.15, -0.1) is 0 Å². The Morgan fingerprint density at radius 3 is 2.76 bits per heavy atom. The molecule has 0 spiro atoms. The van der Waals surface area contributed by atoms with Crippen molar-refractivity contribution < 1.29 is 9.59 Å². The molecule has 1 aromatic rings. The molecule has 0 radical (unpaired) electrons. The first-order chi connectivity index (χ1) is 8.22. The number of hydrogen-bond donors (Lipinski definition) is 1. The topological polar surface area (TPSA) is 49.4 Å². The van der Waals surface area contributed by atoms with Crippen molar-refractivity contribution in [2.75, 3.05) is 19.6 Å². The van der Waals surface area contributed by atoms with Crippen molar-refractivity contribution >= 4 is 12.2 Å². The fourth-order valence-electron chi connectivity index (χ4n) is 2.00. The lowest BCUT2D eigenvalue weighted by Gasteiger charge is -2.32. The van der Waals surface area contributed by atoms with Gasteiger partial charge in [0.1, 0.15) is 6.04 Å². The van der Waals surface area contributed by atoms with Gasteiger partial charge in [-0.25, -0.2) is 0 Å².